The first-order valence-electron chi connectivity index (χ1n) is 9.98. The first kappa shape index (κ1) is 20.0. The number of aromatic nitrogens is 2. The lowest BCUT2D eigenvalue weighted by molar-refractivity contribution is -0.0679. The topological polar surface area (TPSA) is 80.5 Å². The summed E-state index contributed by atoms with van der Waals surface area (Å²) in [6.07, 6.45) is 1.40. The number of ether oxygens (including phenoxy) is 1. The minimum Gasteiger partial charge on any atom is -0.373 e. The Balaban J connectivity index is 1.43. The molecule has 1 fully saturated rings. The molecule has 0 bridgehead atoms. The van der Waals surface area contributed by atoms with E-state index < -0.39 is 0 Å². The van der Waals surface area contributed by atoms with Gasteiger partial charge in [0.05, 0.1) is 39.4 Å². The van der Waals surface area contributed by atoms with Crippen molar-refractivity contribution in [2.75, 3.05) is 26.2 Å². The van der Waals surface area contributed by atoms with E-state index in [9.17, 15) is 4.79 Å². The Kier molecular flexibility index (Phi) is 5.94. The van der Waals surface area contributed by atoms with Gasteiger partial charge in [-0.05, 0) is 44.7 Å². The smallest absolute Gasteiger partial charge is 0.259 e. The van der Waals surface area contributed by atoms with Crippen LogP contribution in [0.3, 0.4) is 0 Å². The number of pyridine rings is 1. The van der Waals surface area contributed by atoms with Crippen molar-refractivity contribution in [3.8, 4) is 10.6 Å². The number of morpholine rings is 1. The maximum Gasteiger partial charge on any atom is 0.259 e. The first-order valence-corrected chi connectivity index (χ1v) is 10.9. The van der Waals surface area contributed by atoms with E-state index in [1.165, 1.54) is 0 Å². The van der Waals surface area contributed by atoms with Crippen molar-refractivity contribution < 1.29 is 14.1 Å². The lowest BCUT2D eigenvalue weighted by Gasteiger charge is -2.35. The van der Waals surface area contributed by atoms with Crippen LogP contribution in [0.4, 0.5) is 0 Å². The van der Waals surface area contributed by atoms with E-state index in [1.807, 2.05) is 30.5 Å². The lowest BCUT2D eigenvalue weighted by Crippen LogP contribution is -2.46. The van der Waals surface area contributed by atoms with E-state index in [-0.39, 0.29) is 18.1 Å². The molecule has 4 rings (SSSR count). The maximum absolute atomic E-state index is 12.9. The highest BCUT2D eigenvalue weighted by Gasteiger charge is 2.22. The Morgan fingerprint density at radius 2 is 2.14 bits per heavy atom. The molecule has 1 aliphatic rings. The van der Waals surface area contributed by atoms with Gasteiger partial charge in [0.25, 0.3) is 11.6 Å². The Bertz CT molecular complexity index is 975. The zero-order chi connectivity index (χ0) is 20.4. The van der Waals surface area contributed by atoms with E-state index >= 15 is 0 Å². The quantitative estimate of drug-likeness (QED) is 0.622. The lowest BCUT2D eigenvalue weighted by atomic mass is 10.1. The highest BCUT2D eigenvalue weighted by atomic mass is 32.1. The molecular formula is C21H26N4O3S. The van der Waals surface area contributed by atoms with Gasteiger partial charge < -0.3 is 14.6 Å². The van der Waals surface area contributed by atoms with Crippen LogP contribution in [0.2, 0.25) is 0 Å². The predicted octanol–water partition coefficient (Wildman–Crippen LogP) is 3.49. The highest BCUT2D eigenvalue weighted by molar-refractivity contribution is 7.13. The van der Waals surface area contributed by atoms with Crippen LogP contribution in [0.5, 0.6) is 0 Å². The Morgan fingerprint density at radius 3 is 2.86 bits per heavy atom. The van der Waals surface area contributed by atoms with Crippen LogP contribution in [-0.4, -0.2) is 59.3 Å². The number of nitrogens with one attached hydrogen (secondary N) is 1. The van der Waals surface area contributed by atoms with Gasteiger partial charge in [0.1, 0.15) is 0 Å². The number of fused-ring (bicyclic) bond motifs is 1. The monoisotopic (exact) mass is 414 g/mol. The van der Waals surface area contributed by atoms with Crippen molar-refractivity contribution >= 4 is 28.3 Å². The van der Waals surface area contributed by atoms with Crippen LogP contribution >= 0.6 is 11.3 Å². The van der Waals surface area contributed by atoms with Gasteiger partial charge in [-0.3, -0.25) is 9.69 Å². The first-order chi connectivity index (χ1) is 14.0. The van der Waals surface area contributed by atoms with Crippen molar-refractivity contribution in [3.63, 3.8) is 0 Å². The van der Waals surface area contributed by atoms with Crippen molar-refractivity contribution in [2.24, 2.45) is 0 Å². The Labute approximate surface area is 174 Å². The third kappa shape index (κ3) is 4.49. The molecule has 1 saturated heterocycles. The number of rotatable bonds is 6. The summed E-state index contributed by atoms with van der Waals surface area (Å²) in [6, 6.07) is 5.78. The Hall–Kier alpha value is -2.29. The summed E-state index contributed by atoms with van der Waals surface area (Å²) in [7, 11) is 0. The number of aryl methyl sites for hydroxylation is 1. The van der Waals surface area contributed by atoms with Gasteiger partial charge in [0, 0.05) is 26.2 Å². The predicted molar refractivity (Wildman–Crippen MR) is 113 cm³/mol. The van der Waals surface area contributed by atoms with Crippen LogP contribution in [0.15, 0.2) is 28.1 Å². The summed E-state index contributed by atoms with van der Waals surface area (Å²) in [5.41, 5.74) is 2.36. The number of hydrogen-bond donors (Lipinski definition) is 1. The minimum absolute atomic E-state index is 0.120. The molecule has 8 heteroatoms. The van der Waals surface area contributed by atoms with Gasteiger partial charge in [0.2, 0.25) is 0 Å². The molecule has 3 aromatic rings. The van der Waals surface area contributed by atoms with E-state index in [4.69, 9.17) is 9.26 Å². The molecule has 0 saturated carbocycles. The second-order valence-corrected chi connectivity index (χ2v) is 8.55. The normalized spacial score (nSPS) is 20.2. The number of carbonyl (C=O) groups is 1. The van der Waals surface area contributed by atoms with E-state index in [0.717, 1.165) is 36.6 Å². The van der Waals surface area contributed by atoms with Gasteiger partial charge in [-0.25, -0.2) is 4.98 Å². The third-order valence-corrected chi connectivity index (χ3v) is 5.96. The molecule has 4 heterocycles. The molecule has 0 radical (unpaired) electrons. The molecule has 7 nitrogen and oxygen atoms in total. The fourth-order valence-corrected chi connectivity index (χ4v) is 4.58. The number of amides is 1. The zero-order valence-corrected chi connectivity index (χ0v) is 17.8. The molecule has 1 aliphatic heterocycles. The summed E-state index contributed by atoms with van der Waals surface area (Å²) in [5, 5.41) is 9.72. The molecule has 29 heavy (non-hydrogen) atoms. The third-order valence-electron chi connectivity index (χ3n) is 5.07. The zero-order valence-electron chi connectivity index (χ0n) is 17.0. The molecular weight excluding hydrogens is 388 g/mol. The SMILES string of the molecule is Cc1noc2nc(-c3cccs3)cc(C(=O)NCCCN3C[C@@H](C)O[C@@H](C)C3)c12. The molecule has 0 aromatic carbocycles. The van der Waals surface area contributed by atoms with Gasteiger partial charge in [-0.2, -0.15) is 0 Å². The van der Waals surface area contributed by atoms with Crippen molar-refractivity contribution in [3.05, 3.63) is 34.8 Å². The number of carbonyl (C=O) groups excluding carboxylic acids is 1. The largest absolute Gasteiger partial charge is 0.373 e. The summed E-state index contributed by atoms with van der Waals surface area (Å²) in [4.78, 5) is 20.9. The molecule has 1 N–H and O–H groups in total. The number of nitrogens with zero attached hydrogens (tertiary/aromatic N) is 3. The minimum atomic E-state index is -0.120. The van der Waals surface area contributed by atoms with Crippen LogP contribution in [0.25, 0.3) is 21.7 Å². The van der Waals surface area contributed by atoms with Gasteiger partial charge in [-0.15, -0.1) is 11.3 Å². The maximum atomic E-state index is 12.9. The highest BCUT2D eigenvalue weighted by Crippen LogP contribution is 2.29. The van der Waals surface area contributed by atoms with Crippen molar-refractivity contribution in [2.45, 2.75) is 39.4 Å². The second kappa shape index (κ2) is 8.61. The van der Waals surface area contributed by atoms with E-state index in [1.54, 1.807) is 11.3 Å². The molecule has 0 spiro atoms. The summed E-state index contributed by atoms with van der Waals surface area (Å²) in [5.74, 6) is -0.120. The van der Waals surface area contributed by atoms with Gasteiger partial charge in [0.15, 0.2) is 0 Å². The van der Waals surface area contributed by atoms with Gasteiger partial charge >= 0.3 is 0 Å². The van der Waals surface area contributed by atoms with E-state index in [0.29, 0.717) is 28.9 Å². The van der Waals surface area contributed by atoms with Crippen LogP contribution in [-0.2, 0) is 4.74 Å². The summed E-state index contributed by atoms with van der Waals surface area (Å²) < 4.78 is 11.1. The van der Waals surface area contributed by atoms with Crippen molar-refractivity contribution in [1.29, 1.82) is 0 Å². The molecule has 1 amide bonds. The number of hydrogen-bond acceptors (Lipinski definition) is 7. The fourth-order valence-electron chi connectivity index (χ4n) is 3.89. The average molecular weight is 415 g/mol. The molecule has 3 aromatic heterocycles. The average Bonchev–Trinajstić information content (AvgIpc) is 3.34. The van der Waals surface area contributed by atoms with Crippen LogP contribution in [0.1, 0.15) is 36.3 Å². The molecule has 2 atom stereocenters. The molecule has 0 aliphatic carbocycles. The molecule has 154 valence electrons. The summed E-state index contributed by atoms with van der Waals surface area (Å²) in [6.45, 7) is 9.46. The van der Waals surface area contributed by atoms with Crippen molar-refractivity contribution in [1.82, 2.24) is 20.4 Å². The molecule has 0 unspecified atom stereocenters. The fraction of sp³-hybridized carbons (Fsp3) is 0.476. The van der Waals surface area contributed by atoms with Crippen LogP contribution in [0, 0.1) is 6.92 Å². The van der Waals surface area contributed by atoms with Crippen LogP contribution < -0.4 is 5.32 Å². The number of thiophene rings is 1. The standard InChI is InChI=1S/C21H26N4O3S/c1-13-11-25(12-14(2)27-13)8-5-7-22-20(26)16-10-17(18-6-4-9-29-18)23-21-19(16)15(3)24-28-21/h4,6,9-10,13-14H,5,7-8,11-12H2,1-3H3,(H,22,26)/t13-,14+. The Morgan fingerprint density at radius 1 is 1.34 bits per heavy atom. The van der Waals surface area contributed by atoms with Gasteiger partial charge in [-0.1, -0.05) is 11.2 Å². The van der Waals surface area contributed by atoms with E-state index in [2.05, 4.69) is 34.2 Å². The second-order valence-electron chi connectivity index (χ2n) is 7.61. The summed E-state index contributed by atoms with van der Waals surface area (Å²) >= 11 is 1.58.